The van der Waals surface area contributed by atoms with Crippen molar-refractivity contribution in [3.8, 4) is 5.75 Å². The fourth-order valence-electron chi connectivity index (χ4n) is 2.46. The van der Waals surface area contributed by atoms with Gasteiger partial charge in [-0.3, -0.25) is 4.79 Å². The number of ether oxygens (including phenoxy) is 1. The van der Waals surface area contributed by atoms with Crippen LogP contribution >= 0.6 is 0 Å². The number of carbonyl (C=O) groups is 1. The second-order valence-corrected chi connectivity index (χ2v) is 4.80. The minimum Gasteiger partial charge on any atom is -0.497 e. The molecule has 22 heavy (non-hydrogen) atoms. The average Bonchev–Trinajstić information content (AvgIpc) is 3.01. The first kappa shape index (κ1) is 12.5. The number of nitrogens with two attached hydrogens (primary N) is 1. The van der Waals surface area contributed by atoms with E-state index < -0.39 is 5.91 Å². The molecule has 3 heterocycles. The summed E-state index contributed by atoms with van der Waals surface area (Å²) in [5, 5.41) is 12.9. The van der Waals surface area contributed by atoms with E-state index in [4.69, 9.17) is 10.5 Å². The summed E-state index contributed by atoms with van der Waals surface area (Å²) >= 11 is 0. The Balaban J connectivity index is 2.16. The number of methoxy groups -OCH3 is 1. The normalized spacial score (nSPS) is 11.3. The van der Waals surface area contributed by atoms with Crippen molar-refractivity contribution >= 4 is 33.5 Å². The highest BCUT2D eigenvalue weighted by Gasteiger charge is 2.15. The maximum Gasteiger partial charge on any atom is 0.252 e. The molecule has 1 aromatic carbocycles. The Morgan fingerprint density at radius 1 is 1.18 bits per heavy atom. The van der Waals surface area contributed by atoms with Gasteiger partial charge in [-0.15, -0.1) is 5.10 Å². The fraction of sp³-hybridized carbons (Fsp3) is 0.0714. The fourth-order valence-corrected chi connectivity index (χ4v) is 2.46. The van der Waals surface area contributed by atoms with Crippen molar-refractivity contribution in [2.24, 2.45) is 5.73 Å². The van der Waals surface area contributed by atoms with Crippen LogP contribution in [0.15, 0.2) is 30.3 Å². The van der Waals surface area contributed by atoms with Crippen LogP contribution in [0.5, 0.6) is 5.75 Å². The van der Waals surface area contributed by atoms with Crippen LogP contribution in [0.25, 0.3) is 27.6 Å². The van der Waals surface area contributed by atoms with Gasteiger partial charge in [0.2, 0.25) is 0 Å². The summed E-state index contributed by atoms with van der Waals surface area (Å²) < 4.78 is 6.63. The average molecular weight is 294 g/mol. The molecule has 2 N–H and O–H groups in total. The van der Waals surface area contributed by atoms with Gasteiger partial charge in [-0.2, -0.15) is 4.52 Å². The third kappa shape index (κ3) is 1.67. The summed E-state index contributed by atoms with van der Waals surface area (Å²) in [5.41, 5.74) is 7.28. The van der Waals surface area contributed by atoms with Crippen LogP contribution in [0, 0.1) is 0 Å². The highest BCUT2D eigenvalue weighted by atomic mass is 16.5. The molecule has 8 heteroatoms. The number of nitrogens with zero attached hydrogens (tertiary/aromatic N) is 5. The van der Waals surface area contributed by atoms with Crippen molar-refractivity contribution in [3.05, 3.63) is 35.9 Å². The number of hydrogen-bond acceptors (Lipinski definition) is 6. The summed E-state index contributed by atoms with van der Waals surface area (Å²) in [4.78, 5) is 16.2. The molecular formula is C14H10N6O2. The lowest BCUT2D eigenvalue weighted by molar-refractivity contribution is 0.100. The van der Waals surface area contributed by atoms with Gasteiger partial charge in [-0.25, -0.2) is 4.98 Å². The molecule has 0 saturated carbocycles. The third-order valence-corrected chi connectivity index (χ3v) is 3.51. The number of aromatic nitrogens is 5. The molecule has 0 saturated heterocycles. The number of hydrogen-bond donors (Lipinski definition) is 1. The topological polar surface area (TPSA) is 108 Å². The summed E-state index contributed by atoms with van der Waals surface area (Å²) in [6.07, 6.45) is 0. The van der Waals surface area contributed by atoms with Crippen molar-refractivity contribution in [1.82, 2.24) is 25.0 Å². The van der Waals surface area contributed by atoms with Crippen LogP contribution in [0.1, 0.15) is 10.4 Å². The van der Waals surface area contributed by atoms with Crippen molar-refractivity contribution in [2.45, 2.75) is 0 Å². The number of carbonyl (C=O) groups excluding carboxylic acids is 1. The maximum absolute atomic E-state index is 11.6. The molecule has 8 nitrogen and oxygen atoms in total. The van der Waals surface area contributed by atoms with E-state index in [9.17, 15) is 4.79 Å². The zero-order valence-corrected chi connectivity index (χ0v) is 11.5. The van der Waals surface area contributed by atoms with E-state index >= 15 is 0 Å². The Kier molecular flexibility index (Phi) is 2.46. The van der Waals surface area contributed by atoms with Crippen LogP contribution in [0.4, 0.5) is 0 Å². The van der Waals surface area contributed by atoms with E-state index in [-0.39, 0.29) is 5.56 Å². The monoisotopic (exact) mass is 294 g/mol. The van der Waals surface area contributed by atoms with Gasteiger partial charge in [-0.1, -0.05) is 0 Å². The van der Waals surface area contributed by atoms with E-state index in [2.05, 4.69) is 20.5 Å². The predicted molar refractivity (Wildman–Crippen MR) is 78.7 cm³/mol. The second kappa shape index (κ2) is 4.35. The third-order valence-electron chi connectivity index (χ3n) is 3.51. The largest absolute Gasteiger partial charge is 0.497 e. The number of pyridine rings is 2. The Morgan fingerprint density at radius 2 is 2.05 bits per heavy atom. The number of fused-ring (bicyclic) bond motifs is 4. The van der Waals surface area contributed by atoms with Crippen LogP contribution in [0.3, 0.4) is 0 Å². The SMILES string of the molecule is COc1ccc2nc3c(cc(C(N)=O)c4nnnn43)cc2c1. The number of amides is 1. The number of primary amides is 1. The van der Waals surface area contributed by atoms with Crippen molar-refractivity contribution in [3.63, 3.8) is 0 Å². The predicted octanol–water partition coefficient (Wildman–Crippen LogP) is 0.933. The summed E-state index contributed by atoms with van der Waals surface area (Å²) in [6, 6.07) is 9.10. The van der Waals surface area contributed by atoms with Gasteiger partial charge in [0, 0.05) is 10.8 Å². The molecule has 0 aliphatic heterocycles. The molecule has 0 fully saturated rings. The smallest absolute Gasteiger partial charge is 0.252 e. The quantitative estimate of drug-likeness (QED) is 0.551. The molecule has 0 bridgehead atoms. The highest BCUT2D eigenvalue weighted by molar-refractivity contribution is 6.03. The maximum atomic E-state index is 11.6. The van der Waals surface area contributed by atoms with E-state index in [1.54, 1.807) is 13.2 Å². The zero-order valence-electron chi connectivity index (χ0n) is 11.5. The minimum absolute atomic E-state index is 0.251. The molecule has 0 aliphatic rings. The van der Waals surface area contributed by atoms with Gasteiger partial charge in [0.15, 0.2) is 11.3 Å². The van der Waals surface area contributed by atoms with Crippen LogP contribution in [0.2, 0.25) is 0 Å². The summed E-state index contributed by atoms with van der Waals surface area (Å²) in [7, 11) is 1.60. The lowest BCUT2D eigenvalue weighted by atomic mass is 10.1. The van der Waals surface area contributed by atoms with Crippen LogP contribution < -0.4 is 10.5 Å². The molecule has 108 valence electrons. The molecule has 0 radical (unpaired) electrons. The number of tetrazole rings is 1. The summed E-state index contributed by atoms with van der Waals surface area (Å²) in [5.74, 6) is 0.139. The van der Waals surface area contributed by atoms with Gasteiger partial charge in [0.1, 0.15) is 5.75 Å². The van der Waals surface area contributed by atoms with Crippen molar-refractivity contribution in [1.29, 1.82) is 0 Å². The Bertz CT molecular complexity index is 1060. The number of benzene rings is 1. The van der Waals surface area contributed by atoms with Crippen molar-refractivity contribution < 1.29 is 9.53 Å². The van der Waals surface area contributed by atoms with E-state index in [0.717, 1.165) is 16.7 Å². The summed E-state index contributed by atoms with van der Waals surface area (Å²) in [6.45, 7) is 0. The zero-order chi connectivity index (χ0) is 15.3. The number of rotatable bonds is 2. The molecule has 0 aliphatic carbocycles. The first-order chi connectivity index (χ1) is 10.7. The lowest BCUT2D eigenvalue weighted by Gasteiger charge is -2.06. The molecule has 1 amide bonds. The minimum atomic E-state index is -0.590. The Labute approximate surface area is 123 Å². The first-order valence-electron chi connectivity index (χ1n) is 6.47. The molecule has 4 rings (SSSR count). The van der Waals surface area contributed by atoms with Gasteiger partial charge >= 0.3 is 0 Å². The Hall–Kier alpha value is -3.29. The van der Waals surface area contributed by atoms with E-state index in [0.29, 0.717) is 16.7 Å². The van der Waals surface area contributed by atoms with Gasteiger partial charge in [-0.05, 0) is 40.8 Å². The van der Waals surface area contributed by atoms with E-state index in [1.165, 1.54) is 4.52 Å². The van der Waals surface area contributed by atoms with Crippen LogP contribution in [-0.4, -0.2) is 38.0 Å². The molecular weight excluding hydrogens is 284 g/mol. The molecule has 3 aromatic heterocycles. The van der Waals surface area contributed by atoms with Gasteiger partial charge in [0.05, 0.1) is 18.2 Å². The second-order valence-electron chi connectivity index (χ2n) is 4.80. The molecule has 0 atom stereocenters. The van der Waals surface area contributed by atoms with Crippen LogP contribution in [-0.2, 0) is 0 Å². The molecule has 0 spiro atoms. The standard InChI is InChI=1S/C14H10N6O2/c1-22-9-2-3-11-7(5-9)4-8-6-10(12(15)21)14-17-18-19-20(14)13(8)16-11/h2-6H,1H3,(H2,15,21). The molecule has 4 aromatic rings. The van der Waals surface area contributed by atoms with E-state index in [1.807, 2.05) is 24.3 Å². The van der Waals surface area contributed by atoms with Crippen molar-refractivity contribution in [2.75, 3.05) is 7.11 Å². The lowest BCUT2D eigenvalue weighted by Crippen LogP contribution is -2.13. The Morgan fingerprint density at radius 3 is 2.82 bits per heavy atom. The van der Waals surface area contributed by atoms with Gasteiger partial charge < -0.3 is 10.5 Å². The highest BCUT2D eigenvalue weighted by Crippen LogP contribution is 2.25. The van der Waals surface area contributed by atoms with Gasteiger partial charge in [0.25, 0.3) is 5.91 Å². The molecule has 0 unspecified atom stereocenters. The first-order valence-corrected chi connectivity index (χ1v) is 6.47.